The highest BCUT2D eigenvalue weighted by Crippen LogP contribution is 2.13. The minimum atomic E-state index is -0.772. The van der Waals surface area contributed by atoms with E-state index in [4.69, 9.17) is 9.84 Å². The lowest BCUT2D eigenvalue weighted by atomic mass is 10.0. The number of benzene rings is 1. The molecule has 2 N–H and O–H groups in total. The molecule has 0 aromatic heterocycles. The maximum atomic E-state index is 10.7. The van der Waals surface area contributed by atoms with E-state index in [1.54, 1.807) is 0 Å². The Kier molecular flexibility index (Phi) is 4.12. The van der Waals surface area contributed by atoms with Gasteiger partial charge in [0.1, 0.15) is 6.04 Å². The lowest BCUT2D eigenvalue weighted by Crippen LogP contribution is -2.46. The summed E-state index contributed by atoms with van der Waals surface area (Å²) >= 11 is 0. The second-order valence-corrected chi connectivity index (χ2v) is 4.30. The van der Waals surface area contributed by atoms with Crippen LogP contribution in [0, 0.1) is 0 Å². The van der Waals surface area contributed by atoms with Crippen molar-refractivity contribution in [1.82, 2.24) is 5.32 Å². The van der Waals surface area contributed by atoms with E-state index in [-0.39, 0.29) is 6.10 Å². The summed E-state index contributed by atoms with van der Waals surface area (Å²) in [5, 5.41) is 11.8. The minimum Gasteiger partial charge on any atom is -0.480 e. The van der Waals surface area contributed by atoms with E-state index in [9.17, 15) is 4.79 Å². The predicted octanol–water partition coefficient (Wildman–Crippen LogP) is 1.41. The first-order valence-corrected chi connectivity index (χ1v) is 5.87. The fourth-order valence-corrected chi connectivity index (χ4v) is 1.97. The molecule has 92 valence electrons. The van der Waals surface area contributed by atoms with E-state index in [0.717, 1.165) is 12.0 Å². The summed E-state index contributed by atoms with van der Waals surface area (Å²) in [6.45, 7) is 1.20. The molecule has 0 radical (unpaired) electrons. The van der Waals surface area contributed by atoms with Gasteiger partial charge in [0, 0.05) is 6.54 Å². The molecule has 1 aliphatic rings. The Bertz CT molecular complexity index is 358. The molecule has 1 saturated heterocycles. The van der Waals surface area contributed by atoms with Crippen LogP contribution in [0.4, 0.5) is 0 Å². The Morgan fingerprint density at radius 1 is 1.35 bits per heavy atom. The number of piperidine rings is 1. The van der Waals surface area contributed by atoms with E-state index in [1.165, 1.54) is 0 Å². The maximum Gasteiger partial charge on any atom is 0.320 e. The first-order valence-electron chi connectivity index (χ1n) is 5.87. The molecular weight excluding hydrogens is 218 g/mol. The third-order valence-corrected chi connectivity index (χ3v) is 3.00. The van der Waals surface area contributed by atoms with Gasteiger partial charge in [0.2, 0.25) is 0 Å². The van der Waals surface area contributed by atoms with Gasteiger partial charge in [-0.15, -0.1) is 0 Å². The molecule has 0 spiro atoms. The molecule has 4 heteroatoms. The number of hydrogen-bond acceptors (Lipinski definition) is 3. The molecule has 0 amide bonds. The fourth-order valence-electron chi connectivity index (χ4n) is 1.97. The van der Waals surface area contributed by atoms with Crippen LogP contribution in [0.1, 0.15) is 18.4 Å². The summed E-state index contributed by atoms with van der Waals surface area (Å²) in [6, 6.07) is 9.58. The van der Waals surface area contributed by atoms with Crippen molar-refractivity contribution in [2.24, 2.45) is 0 Å². The van der Waals surface area contributed by atoms with Crippen molar-refractivity contribution < 1.29 is 14.6 Å². The molecule has 2 rings (SSSR count). The van der Waals surface area contributed by atoms with Gasteiger partial charge in [0.05, 0.1) is 12.7 Å². The molecule has 1 aromatic rings. The largest absolute Gasteiger partial charge is 0.480 e. The number of nitrogens with one attached hydrogen (secondary N) is 1. The predicted molar refractivity (Wildman–Crippen MR) is 63.7 cm³/mol. The molecular formula is C13H17NO3. The number of carbonyl (C=O) groups is 1. The summed E-state index contributed by atoms with van der Waals surface area (Å²) in [5.74, 6) is -0.772. The second kappa shape index (κ2) is 5.80. The molecule has 2 atom stereocenters. The zero-order valence-corrected chi connectivity index (χ0v) is 9.63. The van der Waals surface area contributed by atoms with E-state index < -0.39 is 12.0 Å². The number of carboxylic acids is 1. The molecule has 4 nitrogen and oxygen atoms in total. The zero-order valence-electron chi connectivity index (χ0n) is 9.63. The van der Waals surface area contributed by atoms with Crippen molar-refractivity contribution in [2.75, 3.05) is 6.54 Å². The normalized spacial score (nSPS) is 24.5. The quantitative estimate of drug-likeness (QED) is 0.828. The van der Waals surface area contributed by atoms with Crippen LogP contribution in [0.3, 0.4) is 0 Å². The summed E-state index contributed by atoms with van der Waals surface area (Å²) in [7, 11) is 0. The number of aliphatic carboxylic acids is 1. The highest BCUT2D eigenvalue weighted by Gasteiger charge is 2.25. The van der Waals surface area contributed by atoms with Crippen LogP contribution >= 0.6 is 0 Å². The monoisotopic (exact) mass is 235 g/mol. The number of hydrogen-bond donors (Lipinski definition) is 2. The summed E-state index contributed by atoms with van der Waals surface area (Å²) in [6.07, 6.45) is 1.55. The Morgan fingerprint density at radius 2 is 2.12 bits per heavy atom. The number of rotatable bonds is 4. The Balaban J connectivity index is 1.74. The van der Waals surface area contributed by atoms with Gasteiger partial charge in [0.15, 0.2) is 0 Å². The van der Waals surface area contributed by atoms with Crippen LogP contribution < -0.4 is 5.32 Å². The van der Waals surface area contributed by atoms with Crippen molar-refractivity contribution in [2.45, 2.75) is 31.6 Å². The van der Waals surface area contributed by atoms with Crippen molar-refractivity contribution in [3.63, 3.8) is 0 Å². The average Bonchev–Trinajstić information content (AvgIpc) is 2.38. The van der Waals surface area contributed by atoms with E-state index in [2.05, 4.69) is 5.32 Å². The average molecular weight is 235 g/mol. The van der Waals surface area contributed by atoms with Crippen LogP contribution in [-0.2, 0) is 16.1 Å². The maximum absolute atomic E-state index is 10.7. The highest BCUT2D eigenvalue weighted by atomic mass is 16.5. The van der Waals surface area contributed by atoms with Crippen LogP contribution in [0.25, 0.3) is 0 Å². The first kappa shape index (κ1) is 12.1. The molecule has 1 heterocycles. The molecule has 0 bridgehead atoms. The number of ether oxygens (including phenoxy) is 1. The van der Waals surface area contributed by atoms with E-state index in [1.807, 2.05) is 30.3 Å². The van der Waals surface area contributed by atoms with Gasteiger partial charge in [-0.2, -0.15) is 0 Å². The third-order valence-electron chi connectivity index (χ3n) is 3.00. The number of carboxylic acid groups (broad SMARTS) is 1. The topological polar surface area (TPSA) is 58.6 Å². The van der Waals surface area contributed by atoms with Gasteiger partial charge in [-0.05, 0) is 18.4 Å². The molecule has 0 saturated carbocycles. The third kappa shape index (κ3) is 3.54. The van der Waals surface area contributed by atoms with Gasteiger partial charge in [-0.3, -0.25) is 4.79 Å². The highest BCUT2D eigenvalue weighted by molar-refractivity contribution is 5.73. The van der Waals surface area contributed by atoms with Gasteiger partial charge in [-0.1, -0.05) is 30.3 Å². The molecule has 1 aromatic carbocycles. The summed E-state index contributed by atoms with van der Waals surface area (Å²) in [5.41, 5.74) is 1.15. The molecule has 0 aliphatic carbocycles. The Morgan fingerprint density at radius 3 is 2.71 bits per heavy atom. The molecule has 17 heavy (non-hydrogen) atoms. The van der Waals surface area contributed by atoms with Crippen LogP contribution in [0.2, 0.25) is 0 Å². The van der Waals surface area contributed by atoms with Crippen LogP contribution in [-0.4, -0.2) is 29.8 Å². The summed E-state index contributed by atoms with van der Waals surface area (Å²) < 4.78 is 5.74. The molecule has 1 fully saturated rings. The summed E-state index contributed by atoms with van der Waals surface area (Å²) in [4.78, 5) is 10.7. The smallest absolute Gasteiger partial charge is 0.320 e. The van der Waals surface area contributed by atoms with E-state index >= 15 is 0 Å². The Labute approximate surface area is 101 Å². The van der Waals surface area contributed by atoms with Crippen LogP contribution in [0.15, 0.2) is 30.3 Å². The van der Waals surface area contributed by atoms with Crippen LogP contribution in [0.5, 0.6) is 0 Å². The Hall–Kier alpha value is -1.39. The SMILES string of the molecule is O=C(O)[C@H]1CCC(OCc2ccccc2)CN1. The minimum absolute atomic E-state index is 0.116. The van der Waals surface area contributed by atoms with Gasteiger partial charge >= 0.3 is 5.97 Å². The van der Waals surface area contributed by atoms with Gasteiger partial charge < -0.3 is 15.2 Å². The van der Waals surface area contributed by atoms with Gasteiger partial charge in [0.25, 0.3) is 0 Å². The van der Waals surface area contributed by atoms with Crippen molar-refractivity contribution in [3.05, 3.63) is 35.9 Å². The van der Waals surface area contributed by atoms with Crippen molar-refractivity contribution in [1.29, 1.82) is 0 Å². The molecule has 1 unspecified atom stereocenters. The standard InChI is InChI=1S/C13H17NO3/c15-13(16)12-7-6-11(8-14-12)17-9-10-4-2-1-3-5-10/h1-5,11-12,14H,6-9H2,(H,15,16)/t11?,12-/m1/s1. The van der Waals surface area contributed by atoms with Crippen molar-refractivity contribution in [3.8, 4) is 0 Å². The fraction of sp³-hybridized carbons (Fsp3) is 0.462. The first-order chi connectivity index (χ1) is 8.25. The zero-order chi connectivity index (χ0) is 12.1. The lowest BCUT2D eigenvalue weighted by molar-refractivity contribution is -0.140. The molecule has 1 aliphatic heterocycles. The second-order valence-electron chi connectivity index (χ2n) is 4.30. The lowest BCUT2D eigenvalue weighted by Gasteiger charge is -2.27. The van der Waals surface area contributed by atoms with E-state index in [0.29, 0.717) is 19.6 Å². The van der Waals surface area contributed by atoms with Crippen molar-refractivity contribution >= 4 is 5.97 Å². The van der Waals surface area contributed by atoms with Gasteiger partial charge in [-0.25, -0.2) is 0 Å².